The zero-order chi connectivity index (χ0) is 22.3. The highest BCUT2D eigenvalue weighted by molar-refractivity contribution is 6.30. The number of carbonyl (C=O) groups excluding carboxylic acids is 1. The maximum atomic E-state index is 12.8. The van der Waals surface area contributed by atoms with E-state index in [2.05, 4.69) is 0 Å². The summed E-state index contributed by atoms with van der Waals surface area (Å²) in [5, 5.41) is 0.609. The van der Waals surface area contributed by atoms with Gasteiger partial charge in [0.1, 0.15) is 5.75 Å². The number of benzene rings is 2. The minimum absolute atomic E-state index is 0.0344. The number of ether oxygens (including phenoxy) is 3. The number of morpholine rings is 1. The van der Waals surface area contributed by atoms with Gasteiger partial charge in [0, 0.05) is 18.1 Å². The first kappa shape index (κ1) is 23.4. The SMILES string of the molecule is O=C(CCOc1ccc(Cl)cc1)N1CCOC(COCc2cccc(C(F)(F)F)c2)C1. The molecule has 0 aliphatic carbocycles. The molecule has 2 aromatic rings. The number of halogens is 4. The van der Waals surface area contributed by atoms with Crippen LogP contribution in [-0.4, -0.2) is 49.8 Å². The molecule has 0 radical (unpaired) electrons. The molecule has 168 valence electrons. The second-order valence-electron chi connectivity index (χ2n) is 7.10. The molecule has 5 nitrogen and oxygen atoms in total. The summed E-state index contributed by atoms with van der Waals surface area (Å²) >= 11 is 5.82. The van der Waals surface area contributed by atoms with Gasteiger partial charge in [-0.3, -0.25) is 4.79 Å². The standard InChI is InChI=1S/C22H23ClF3NO4/c23-18-4-6-19(7-5-18)30-10-8-21(28)27-9-11-31-20(13-27)15-29-14-16-2-1-3-17(12-16)22(24,25)26/h1-7,12,20H,8-11,13-15H2. The number of hydrogen-bond donors (Lipinski definition) is 0. The lowest BCUT2D eigenvalue weighted by Crippen LogP contribution is -2.47. The van der Waals surface area contributed by atoms with Gasteiger partial charge < -0.3 is 19.1 Å². The predicted molar refractivity (Wildman–Crippen MR) is 109 cm³/mol. The van der Waals surface area contributed by atoms with Crippen molar-refractivity contribution in [3.05, 3.63) is 64.7 Å². The van der Waals surface area contributed by atoms with Crippen LogP contribution in [0.1, 0.15) is 17.5 Å². The third-order valence-corrected chi connectivity index (χ3v) is 4.97. The maximum Gasteiger partial charge on any atom is 0.416 e. The fraction of sp³-hybridized carbons (Fsp3) is 0.409. The lowest BCUT2D eigenvalue weighted by molar-refractivity contribution is -0.142. The van der Waals surface area contributed by atoms with Crippen molar-refractivity contribution in [3.8, 4) is 5.75 Å². The highest BCUT2D eigenvalue weighted by atomic mass is 35.5. The lowest BCUT2D eigenvalue weighted by atomic mass is 10.1. The first-order chi connectivity index (χ1) is 14.8. The molecule has 0 saturated carbocycles. The molecule has 0 N–H and O–H groups in total. The Morgan fingerprint density at radius 3 is 2.71 bits per heavy atom. The van der Waals surface area contributed by atoms with Crippen LogP contribution in [0.4, 0.5) is 13.2 Å². The molecule has 2 aromatic carbocycles. The summed E-state index contributed by atoms with van der Waals surface area (Å²) < 4.78 is 55.1. The Labute approximate surface area is 183 Å². The molecule has 1 fully saturated rings. The van der Waals surface area contributed by atoms with Crippen molar-refractivity contribution in [1.82, 2.24) is 4.90 Å². The number of amides is 1. The summed E-state index contributed by atoms with van der Waals surface area (Å²) in [7, 11) is 0. The molecule has 0 spiro atoms. The molecule has 3 rings (SSSR count). The Bertz CT molecular complexity index is 861. The van der Waals surface area contributed by atoms with Gasteiger partial charge >= 0.3 is 6.18 Å². The van der Waals surface area contributed by atoms with Crippen molar-refractivity contribution < 1.29 is 32.2 Å². The van der Waals surface area contributed by atoms with Crippen LogP contribution >= 0.6 is 11.6 Å². The van der Waals surface area contributed by atoms with Crippen LogP contribution in [0, 0.1) is 0 Å². The van der Waals surface area contributed by atoms with Gasteiger partial charge in [0.25, 0.3) is 0 Å². The molecule has 31 heavy (non-hydrogen) atoms. The van der Waals surface area contributed by atoms with Crippen molar-refractivity contribution in [1.29, 1.82) is 0 Å². The Morgan fingerprint density at radius 1 is 1.19 bits per heavy atom. The molecular formula is C22H23ClF3NO4. The fourth-order valence-corrected chi connectivity index (χ4v) is 3.26. The normalized spacial score (nSPS) is 16.9. The van der Waals surface area contributed by atoms with E-state index in [0.29, 0.717) is 36.0 Å². The molecule has 1 heterocycles. The van der Waals surface area contributed by atoms with Crippen molar-refractivity contribution >= 4 is 17.5 Å². The molecule has 1 atom stereocenters. The van der Waals surface area contributed by atoms with E-state index in [9.17, 15) is 18.0 Å². The summed E-state index contributed by atoms with van der Waals surface area (Å²) in [5.41, 5.74) is -0.280. The van der Waals surface area contributed by atoms with E-state index in [4.69, 9.17) is 25.8 Å². The Balaban J connectivity index is 1.39. The summed E-state index contributed by atoms with van der Waals surface area (Å²) in [5.74, 6) is 0.584. The van der Waals surface area contributed by atoms with Gasteiger partial charge in [-0.25, -0.2) is 0 Å². The molecule has 1 unspecified atom stereocenters. The van der Waals surface area contributed by atoms with E-state index in [1.807, 2.05) is 0 Å². The number of rotatable bonds is 8. The van der Waals surface area contributed by atoms with Crippen LogP contribution in [0.5, 0.6) is 5.75 Å². The summed E-state index contributed by atoms with van der Waals surface area (Å²) in [4.78, 5) is 14.1. The second-order valence-corrected chi connectivity index (χ2v) is 7.53. The van der Waals surface area contributed by atoms with Crippen LogP contribution in [0.25, 0.3) is 0 Å². The molecule has 1 aliphatic rings. The van der Waals surface area contributed by atoms with Crippen molar-refractivity contribution in [3.63, 3.8) is 0 Å². The average Bonchev–Trinajstić information content (AvgIpc) is 2.75. The molecule has 0 bridgehead atoms. The number of carbonyl (C=O) groups is 1. The number of nitrogens with zero attached hydrogens (tertiary/aromatic N) is 1. The monoisotopic (exact) mass is 457 g/mol. The third kappa shape index (κ3) is 7.41. The zero-order valence-corrected chi connectivity index (χ0v) is 17.5. The number of hydrogen-bond acceptors (Lipinski definition) is 4. The summed E-state index contributed by atoms with van der Waals surface area (Å²) in [6, 6.07) is 11.9. The molecule has 1 amide bonds. The van der Waals surface area contributed by atoms with Crippen LogP contribution in [-0.2, 0) is 27.1 Å². The third-order valence-electron chi connectivity index (χ3n) is 4.72. The first-order valence-corrected chi connectivity index (χ1v) is 10.2. The average molecular weight is 458 g/mol. The Kier molecular flexibility index (Phi) is 8.17. The number of alkyl halides is 3. The summed E-state index contributed by atoms with van der Waals surface area (Å²) in [6.07, 6.45) is -4.50. The van der Waals surface area contributed by atoms with E-state index >= 15 is 0 Å². The highest BCUT2D eigenvalue weighted by Crippen LogP contribution is 2.29. The minimum atomic E-state index is -4.39. The van der Waals surface area contributed by atoms with Crippen LogP contribution in [0.2, 0.25) is 5.02 Å². The van der Waals surface area contributed by atoms with Gasteiger partial charge in [-0.05, 0) is 42.0 Å². The molecule has 1 saturated heterocycles. The van der Waals surface area contributed by atoms with Gasteiger partial charge in [-0.1, -0.05) is 23.7 Å². The van der Waals surface area contributed by atoms with Crippen molar-refractivity contribution in [2.24, 2.45) is 0 Å². The van der Waals surface area contributed by atoms with E-state index < -0.39 is 11.7 Å². The summed E-state index contributed by atoms with van der Waals surface area (Å²) in [6.45, 7) is 1.68. The van der Waals surface area contributed by atoms with Gasteiger partial charge in [-0.15, -0.1) is 0 Å². The largest absolute Gasteiger partial charge is 0.493 e. The molecule has 1 aliphatic heterocycles. The van der Waals surface area contributed by atoms with Crippen molar-refractivity contribution in [2.45, 2.75) is 25.3 Å². The zero-order valence-electron chi connectivity index (χ0n) is 16.7. The van der Waals surface area contributed by atoms with Crippen molar-refractivity contribution in [2.75, 3.05) is 32.9 Å². The lowest BCUT2D eigenvalue weighted by Gasteiger charge is -2.33. The minimum Gasteiger partial charge on any atom is -0.493 e. The highest BCUT2D eigenvalue weighted by Gasteiger charge is 2.30. The molecule has 0 aromatic heterocycles. The first-order valence-electron chi connectivity index (χ1n) is 9.83. The fourth-order valence-electron chi connectivity index (χ4n) is 3.14. The van der Waals surface area contributed by atoms with Gasteiger partial charge in [-0.2, -0.15) is 13.2 Å². The van der Waals surface area contributed by atoms with Crippen LogP contribution < -0.4 is 4.74 Å². The van der Waals surface area contributed by atoms with E-state index in [1.54, 1.807) is 35.2 Å². The maximum absolute atomic E-state index is 12.8. The Hall–Kier alpha value is -2.29. The van der Waals surface area contributed by atoms with E-state index in [-0.39, 0.29) is 38.3 Å². The van der Waals surface area contributed by atoms with Crippen LogP contribution in [0.15, 0.2) is 48.5 Å². The van der Waals surface area contributed by atoms with E-state index in [0.717, 1.165) is 12.1 Å². The van der Waals surface area contributed by atoms with E-state index in [1.165, 1.54) is 6.07 Å². The van der Waals surface area contributed by atoms with Gasteiger partial charge in [0.15, 0.2) is 0 Å². The van der Waals surface area contributed by atoms with Gasteiger partial charge in [0.2, 0.25) is 5.91 Å². The van der Waals surface area contributed by atoms with Crippen LogP contribution in [0.3, 0.4) is 0 Å². The smallest absolute Gasteiger partial charge is 0.416 e. The Morgan fingerprint density at radius 2 is 1.97 bits per heavy atom. The quantitative estimate of drug-likeness (QED) is 0.582. The van der Waals surface area contributed by atoms with Gasteiger partial charge in [0.05, 0.1) is 44.5 Å². The second kappa shape index (κ2) is 10.8. The molecular weight excluding hydrogens is 435 g/mol. The predicted octanol–water partition coefficient (Wildman–Crippen LogP) is 4.57. The topological polar surface area (TPSA) is 48.0 Å². The molecule has 9 heteroatoms.